The van der Waals surface area contributed by atoms with Gasteiger partial charge >= 0.3 is 0 Å². The molecule has 0 bridgehead atoms. The number of benzene rings is 3. The number of hydrogen-bond donors (Lipinski definition) is 1. The van der Waals surface area contributed by atoms with Crippen LogP contribution < -0.4 is 14.4 Å². The Hall–Kier alpha value is -3.32. The van der Waals surface area contributed by atoms with Gasteiger partial charge < -0.3 is 19.5 Å². The van der Waals surface area contributed by atoms with Gasteiger partial charge in [-0.25, -0.2) is 0 Å². The van der Waals surface area contributed by atoms with E-state index in [0.29, 0.717) is 32.8 Å². The number of nitrogens with zero attached hydrogens (tertiary/aromatic N) is 1. The fourth-order valence-electron chi connectivity index (χ4n) is 4.16. The highest BCUT2D eigenvalue weighted by atomic mass is 35.5. The second kappa shape index (κ2) is 8.80. The second-order valence-corrected chi connectivity index (χ2v) is 8.94. The lowest BCUT2D eigenvalue weighted by molar-refractivity contribution is -0.140. The summed E-state index contributed by atoms with van der Waals surface area (Å²) in [5.41, 5.74) is 0.187. The second-order valence-electron chi connectivity index (χ2n) is 8.09. The highest BCUT2D eigenvalue weighted by Crippen LogP contribution is 2.45. The molecular formula is C26H19Cl2NO5. The molecule has 0 saturated carbocycles. The van der Waals surface area contributed by atoms with E-state index in [4.69, 9.17) is 32.7 Å². The molecule has 8 heteroatoms. The average Bonchev–Trinajstić information content (AvgIpc) is 3.36. The van der Waals surface area contributed by atoms with E-state index in [1.165, 1.54) is 17.0 Å². The van der Waals surface area contributed by atoms with Gasteiger partial charge in [0.1, 0.15) is 0 Å². The molecule has 5 rings (SSSR count). The van der Waals surface area contributed by atoms with Crippen LogP contribution in [0.3, 0.4) is 0 Å². The van der Waals surface area contributed by atoms with Gasteiger partial charge in [0.15, 0.2) is 22.9 Å². The maximum Gasteiger partial charge on any atom is 0.264 e. The minimum absolute atomic E-state index is 0.149. The Morgan fingerprint density at radius 2 is 1.85 bits per heavy atom. The van der Waals surface area contributed by atoms with Crippen LogP contribution in [0.1, 0.15) is 23.1 Å². The maximum absolute atomic E-state index is 13.4. The van der Waals surface area contributed by atoms with E-state index in [1.807, 2.05) is 12.1 Å². The molecule has 2 heterocycles. The molecule has 1 atom stereocenters. The minimum atomic E-state index is -2.04. The van der Waals surface area contributed by atoms with E-state index >= 15 is 0 Å². The first kappa shape index (κ1) is 22.5. The van der Waals surface area contributed by atoms with Gasteiger partial charge in [-0.05, 0) is 53.6 Å². The summed E-state index contributed by atoms with van der Waals surface area (Å²) >= 11 is 12.5. The van der Waals surface area contributed by atoms with Gasteiger partial charge in [0.25, 0.3) is 5.91 Å². The first-order valence-corrected chi connectivity index (χ1v) is 11.3. The number of aliphatic hydroxyl groups is 1. The standard InChI is InChI=1S/C26H19Cl2NO5/c27-18-7-9-22-20(12-18)26(32,25(31)29(22)14-17-3-1-2-4-21(17)28)13-19(30)8-5-16-6-10-23-24(11-16)34-15-33-23/h1-12,32H,13-15H2/b8-5+. The lowest BCUT2D eigenvalue weighted by Gasteiger charge is -2.22. The van der Waals surface area contributed by atoms with E-state index in [2.05, 4.69) is 0 Å². The Morgan fingerprint density at radius 1 is 1.06 bits per heavy atom. The Morgan fingerprint density at radius 3 is 2.68 bits per heavy atom. The number of halogens is 2. The number of ether oxygens (including phenoxy) is 2. The molecule has 1 unspecified atom stereocenters. The van der Waals surface area contributed by atoms with Crippen molar-refractivity contribution in [2.24, 2.45) is 0 Å². The molecule has 1 N–H and O–H groups in total. The largest absolute Gasteiger partial charge is 0.454 e. The van der Waals surface area contributed by atoms with Crippen molar-refractivity contribution in [1.82, 2.24) is 0 Å². The van der Waals surface area contributed by atoms with Gasteiger partial charge in [-0.3, -0.25) is 9.59 Å². The summed E-state index contributed by atoms with van der Waals surface area (Å²) in [4.78, 5) is 27.7. The van der Waals surface area contributed by atoms with Crippen LogP contribution in [0.2, 0.25) is 10.0 Å². The van der Waals surface area contributed by atoms with Crippen LogP contribution in [0, 0.1) is 0 Å². The zero-order chi connectivity index (χ0) is 23.9. The van der Waals surface area contributed by atoms with Crippen LogP contribution in [0.4, 0.5) is 5.69 Å². The SMILES string of the molecule is O=C(/C=C/c1ccc2c(c1)OCO2)CC1(O)C(=O)N(Cc2ccccc2Cl)c2ccc(Cl)cc21. The predicted octanol–water partition coefficient (Wildman–Crippen LogP) is 5.13. The highest BCUT2D eigenvalue weighted by molar-refractivity contribution is 6.31. The Bertz CT molecular complexity index is 1340. The summed E-state index contributed by atoms with van der Waals surface area (Å²) in [6.45, 7) is 0.305. The molecule has 1 amide bonds. The molecule has 0 aromatic heterocycles. The van der Waals surface area contributed by atoms with Crippen LogP contribution in [-0.4, -0.2) is 23.6 Å². The molecule has 0 spiro atoms. The Kier molecular flexibility index (Phi) is 5.81. The van der Waals surface area contributed by atoms with Crippen molar-refractivity contribution in [1.29, 1.82) is 0 Å². The zero-order valence-corrected chi connectivity index (χ0v) is 19.3. The number of allylic oxidation sites excluding steroid dienone is 1. The van der Waals surface area contributed by atoms with E-state index in [0.717, 1.165) is 11.1 Å². The first-order chi connectivity index (χ1) is 16.3. The quantitative estimate of drug-likeness (QED) is 0.479. The third-order valence-electron chi connectivity index (χ3n) is 5.87. The number of carbonyl (C=O) groups excluding carboxylic acids is 2. The zero-order valence-electron chi connectivity index (χ0n) is 17.8. The summed E-state index contributed by atoms with van der Waals surface area (Å²) < 4.78 is 10.6. The van der Waals surface area contributed by atoms with Crippen LogP contribution in [-0.2, 0) is 21.7 Å². The van der Waals surface area contributed by atoms with E-state index in [-0.39, 0.29) is 13.3 Å². The molecule has 3 aromatic rings. The van der Waals surface area contributed by atoms with Crippen molar-refractivity contribution in [3.05, 3.63) is 93.5 Å². The number of hydrogen-bond acceptors (Lipinski definition) is 5. The number of rotatable bonds is 6. The smallest absolute Gasteiger partial charge is 0.264 e. The number of amides is 1. The van der Waals surface area contributed by atoms with Crippen LogP contribution >= 0.6 is 23.2 Å². The Labute approximate surface area is 205 Å². The van der Waals surface area contributed by atoms with Crippen molar-refractivity contribution >= 4 is 46.7 Å². The number of fused-ring (bicyclic) bond motifs is 2. The molecule has 0 radical (unpaired) electrons. The van der Waals surface area contributed by atoms with Gasteiger partial charge in [-0.1, -0.05) is 53.5 Å². The Balaban J connectivity index is 1.41. The van der Waals surface area contributed by atoms with Crippen molar-refractivity contribution in [2.75, 3.05) is 11.7 Å². The topological polar surface area (TPSA) is 76.1 Å². The third-order valence-corrected chi connectivity index (χ3v) is 6.47. The monoisotopic (exact) mass is 495 g/mol. The van der Waals surface area contributed by atoms with Crippen LogP contribution in [0.15, 0.2) is 66.7 Å². The van der Waals surface area contributed by atoms with E-state index in [1.54, 1.807) is 48.5 Å². The van der Waals surface area contributed by atoms with E-state index in [9.17, 15) is 14.7 Å². The van der Waals surface area contributed by atoms with Crippen LogP contribution in [0.25, 0.3) is 6.08 Å². The third kappa shape index (κ3) is 4.05. The predicted molar refractivity (Wildman–Crippen MR) is 129 cm³/mol. The molecule has 2 aliphatic rings. The van der Waals surface area contributed by atoms with Crippen molar-refractivity contribution < 1.29 is 24.2 Å². The first-order valence-electron chi connectivity index (χ1n) is 10.5. The molecule has 6 nitrogen and oxygen atoms in total. The van der Waals surface area contributed by atoms with Gasteiger partial charge in [0.2, 0.25) is 6.79 Å². The lowest BCUT2D eigenvalue weighted by Crippen LogP contribution is -2.41. The summed E-state index contributed by atoms with van der Waals surface area (Å²) in [5.74, 6) is 0.216. The summed E-state index contributed by atoms with van der Waals surface area (Å²) in [6, 6.07) is 17.3. The van der Waals surface area contributed by atoms with Gasteiger partial charge in [0.05, 0.1) is 18.7 Å². The molecule has 0 saturated heterocycles. The normalized spacial score (nSPS) is 18.6. The fraction of sp³-hybridized carbons (Fsp3) is 0.154. The average molecular weight is 496 g/mol. The van der Waals surface area contributed by atoms with Crippen LogP contribution in [0.5, 0.6) is 11.5 Å². The van der Waals surface area contributed by atoms with Gasteiger partial charge in [-0.2, -0.15) is 0 Å². The number of carbonyl (C=O) groups is 2. The summed E-state index contributed by atoms with van der Waals surface area (Å²) in [7, 11) is 0. The molecule has 3 aromatic carbocycles. The highest BCUT2D eigenvalue weighted by Gasteiger charge is 2.50. The minimum Gasteiger partial charge on any atom is -0.454 e. The van der Waals surface area contributed by atoms with Crippen molar-refractivity contribution in [2.45, 2.75) is 18.6 Å². The fourth-order valence-corrected chi connectivity index (χ4v) is 4.53. The molecule has 34 heavy (non-hydrogen) atoms. The number of anilines is 1. The molecule has 172 valence electrons. The molecule has 0 fully saturated rings. The summed E-state index contributed by atoms with van der Waals surface area (Å²) in [6.07, 6.45) is 2.51. The molecule has 2 aliphatic heterocycles. The van der Waals surface area contributed by atoms with Crippen molar-refractivity contribution in [3.8, 4) is 11.5 Å². The molecular weight excluding hydrogens is 477 g/mol. The molecule has 0 aliphatic carbocycles. The maximum atomic E-state index is 13.4. The lowest BCUT2D eigenvalue weighted by atomic mass is 9.89. The van der Waals surface area contributed by atoms with Crippen molar-refractivity contribution in [3.63, 3.8) is 0 Å². The number of ketones is 1. The van der Waals surface area contributed by atoms with Gasteiger partial charge in [-0.15, -0.1) is 0 Å². The van der Waals surface area contributed by atoms with E-state index < -0.39 is 23.7 Å². The van der Waals surface area contributed by atoms with Gasteiger partial charge in [0, 0.05) is 15.6 Å². The summed E-state index contributed by atoms with van der Waals surface area (Å²) in [5, 5.41) is 12.3.